The van der Waals surface area contributed by atoms with Crippen LogP contribution in [0.4, 0.5) is 11.4 Å². The maximum Gasteiger partial charge on any atom is 0.262 e. The second-order valence-electron chi connectivity index (χ2n) is 7.34. The van der Waals surface area contributed by atoms with Crippen molar-refractivity contribution < 1.29 is 27.5 Å². The lowest BCUT2D eigenvalue weighted by molar-refractivity contribution is -0.118. The van der Waals surface area contributed by atoms with E-state index >= 15 is 0 Å². The van der Waals surface area contributed by atoms with Gasteiger partial charge in [-0.15, -0.1) is 0 Å². The summed E-state index contributed by atoms with van der Waals surface area (Å²) < 4.78 is 38.1. The molecule has 0 radical (unpaired) electrons. The number of morpholine rings is 1. The predicted octanol–water partition coefficient (Wildman–Crippen LogP) is 2.33. The maximum absolute atomic E-state index is 13.0. The van der Waals surface area contributed by atoms with Crippen LogP contribution in [0.3, 0.4) is 0 Å². The Kier molecular flexibility index (Phi) is 8.73. The standard InChI is InChI=1S/C22H27N3O6S2/c1-16-3-4-18(13-20(16)33(28,29)25-9-11-30-12-10-25)24-21(26)14-31-19-7-5-17(6-8-19)23-22(27)15-32-2/h3-8,13H,9-12,14-15H2,1-2H3,(H,23,27)(H,24,26). The number of amides is 2. The van der Waals surface area contributed by atoms with E-state index < -0.39 is 15.9 Å². The van der Waals surface area contributed by atoms with E-state index in [4.69, 9.17) is 9.47 Å². The van der Waals surface area contributed by atoms with Crippen LogP contribution in [0, 0.1) is 6.92 Å². The van der Waals surface area contributed by atoms with Crippen molar-refractivity contribution in [2.24, 2.45) is 0 Å². The summed E-state index contributed by atoms with van der Waals surface area (Å²) in [5.41, 5.74) is 1.60. The van der Waals surface area contributed by atoms with Crippen LogP contribution in [0.15, 0.2) is 47.4 Å². The lowest BCUT2D eigenvalue weighted by atomic mass is 10.2. The molecule has 11 heteroatoms. The third-order valence-corrected chi connectivity index (χ3v) is 7.43. The van der Waals surface area contributed by atoms with Crippen molar-refractivity contribution >= 4 is 45.0 Å². The van der Waals surface area contributed by atoms with E-state index in [0.29, 0.717) is 54.7 Å². The van der Waals surface area contributed by atoms with Gasteiger partial charge >= 0.3 is 0 Å². The summed E-state index contributed by atoms with van der Waals surface area (Å²) in [5.74, 6) is 0.314. The van der Waals surface area contributed by atoms with Crippen molar-refractivity contribution in [1.82, 2.24) is 4.31 Å². The minimum Gasteiger partial charge on any atom is -0.484 e. The number of nitrogens with zero attached hydrogens (tertiary/aromatic N) is 1. The van der Waals surface area contributed by atoms with Gasteiger partial charge in [-0.2, -0.15) is 16.1 Å². The molecule has 0 aliphatic carbocycles. The first-order chi connectivity index (χ1) is 15.8. The SMILES string of the molecule is CSCC(=O)Nc1ccc(OCC(=O)Nc2ccc(C)c(S(=O)(=O)N3CCOCC3)c2)cc1. The molecule has 0 atom stereocenters. The van der Waals surface area contributed by atoms with Gasteiger partial charge in [0.05, 0.1) is 23.9 Å². The van der Waals surface area contributed by atoms with Crippen LogP contribution in [-0.4, -0.2) is 69.5 Å². The normalized spacial score (nSPS) is 14.5. The number of hydrogen-bond acceptors (Lipinski definition) is 7. The molecule has 9 nitrogen and oxygen atoms in total. The summed E-state index contributed by atoms with van der Waals surface area (Å²) in [4.78, 5) is 24.1. The van der Waals surface area contributed by atoms with Gasteiger partial charge in [0.2, 0.25) is 15.9 Å². The Hall–Kier alpha value is -2.60. The number of benzene rings is 2. The third kappa shape index (κ3) is 6.94. The lowest BCUT2D eigenvalue weighted by Gasteiger charge is -2.26. The molecule has 0 aromatic heterocycles. The number of ether oxygens (including phenoxy) is 2. The van der Waals surface area contributed by atoms with E-state index in [-0.39, 0.29) is 17.4 Å². The van der Waals surface area contributed by atoms with E-state index in [0.717, 1.165) is 0 Å². The van der Waals surface area contributed by atoms with Crippen molar-refractivity contribution in [3.63, 3.8) is 0 Å². The van der Waals surface area contributed by atoms with E-state index in [1.54, 1.807) is 43.3 Å². The van der Waals surface area contributed by atoms with Gasteiger partial charge in [0.15, 0.2) is 6.61 Å². The summed E-state index contributed by atoms with van der Waals surface area (Å²) in [6.07, 6.45) is 1.85. The largest absolute Gasteiger partial charge is 0.484 e. The van der Waals surface area contributed by atoms with Crippen molar-refractivity contribution in [3.05, 3.63) is 48.0 Å². The van der Waals surface area contributed by atoms with Crippen LogP contribution in [0.5, 0.6) is 5.75 Å². The summed E-state index contributed by atoms with van der Waals surface area (Å²) in [6.45, 7) is 2.78. The molecule has 1 saturated heterocycles. The number of hydrogen-bond donors (Lipinski definition) is 2. The van der Waals surface area contributed by atoms with E-state index in [1.165, 1.54) is 22.1 Å². The maximum atomic E-state index is 13.0. The molecule has 1 fully saturated rings. The Bertz CT molecular complexity index is 1080. The van der Waals surface area contributed by atoms with Gasteiger partial charge in [0, 0.05) is 24.5 Å². The molecular weight excluding hydrogens is 466 g/mol. The molecule has 2 amide bonds. The first-order valence-corrected chi connectivity index (χ1v) is 13.1. The van der Waals surface area contributed by atoms with Gasteiger partial charge in [0.25, 0.3) is 5.91 Å². The zero-order valence-electron chi connectivity index (χ0n) is 18.5. The molecule has 0 saturated carbocycles. The topological polar surface area (TPSA) is 114 Å². The predicted molar refractivity (Wildman–Crippen MR) is 128 cm³/mol. The molecule has 2 aromatic carbocycles. The minimum atomic E-state index is -3.68. The highest BCUT2D eigenvalue weighted by molar-refractivity contribution is 7.99. The summed E-state index contributed by atoms with van der Waals surface area (Å²) in [5, 5.41) is 5.43. The average molecular weight is 494 g/mol. The summed E-state index contributed by atoms with van der Waals surface area (Å²) >= 11 is 1.43. The lowest BCUT2D eigenvalue weighted by Crippen LogP contribution is -2.40. The number of thioether (sulfide) groups is 1. The van der Waals surface area contributed by atoms with E-state index in [2.05, 4.69) is 10.6 Å². The molecule has 0 unspecified atom stereocenters. The fourth-order valence-electron chi connectivity index (χ4n) is 3.19. The quantitative estimate of drug-likeness (QED) is 0.551. The van der Waals surface area contributed by atoms with Gasteiger partial charge in [0.1, 0.15) is 5.75 Å². The molecule has 3 rings (SSSR count). The Labute approximate surface area is 197 Å². The molecule has 0 spiro atoms. The fraction of sp³-hybridized carbons (Fsp3) is 0.364. The summed E-state index contributed by atoms with van der Waals surface area (Å²) in [7, 11) is -3.68. The zero-order valence-corrected chi connectivity index (χ0v) is 20.1. The second kappa shape index (κ2) is 11.5. The molecule has 2 aromatic rings. The van der Waals surface area contributed by atoms with Crippen molar-refractivity contribution in [1.29, 1.82) is 0 Å². The van der Waals surface area contributed by atoms with Crippen LogP contribution in [0.25, 0.3) is 0 Å². The van der Waals surface area contributed by atoms with Crippen LogP contribution in [0.2, 0.25) is 0 Å². The average Bonchev–Trinajstić information content (AvgIpc) is 2.80. The van der Waals surface area contributed by atoms with Gasteiger partial charge < -0.3 is 20.1 Å². The van der Waals surface area contributed by atoms with E-state index in [1.807, 2.05) is 6.26 Å². The monoisotopic (exact) mass is 493 g/mol. The number of nitrogens with one attached hydrogen (secondary N) is 2. The first kappa shape index (κ1) is 25.0. The minimum absolute atomic E-state index is 0.0938. The number of aryl methyl sites for hydroxylation is 1. The van der Waals surface area contributed by atoms with E-state index in [9.17, 15) is 18.0 Å². The van der Waals surface area contributed by atoms with Crippen molar-refractivity contribution in [3.8, 4) is 5.75 Å². The van der Waals surface area contributed by atoms with Crippen molar-refractivity contribution in [2.75, 3.05) is 55.6 Å². The Morgan fingerprint density at radius 3 is 2.33 bits per heavy atom. The highest BCUT2D eigenvalue weighted by Crippen LogP contribution is 2.24. The molecule has 2 N–H and O–H groups in total. The Morgan fingerprint density at radius 2 is 1.67 bits per heavy atom. The van der Waals surface area contributed by atoms with Gasteiger partial charge in [-0.1, -0.05) is 6.07 Å². The molecule has 0 bridgehead atoms. The molecule has 1 heterocycles. The number of carbonyl (C=O) groups excluding carboxylic acids is 2. The summed E-state index contributed by atoms with van der Waals surface area (Å²) in [6, 6.07) is 11.5. The Balaban J connectivity index is 1.58. The molecular formula is C22H27N3O6S2. The molecule has 178 valence electrons. The first-order valence-electron chi connectivity index (χ1n) is 10.3. The fourth-order valence-corrected chi connectivity index (χ4v) is 5.18. The number of anilines is 2. The van der Waals surface area contributed by atoms with Crippen LogP contribution >= 0.6 is 11.8 Å². The number of carbonyl (C=O) groups is 2. The molecule has 1 aliphatic heterocycles. The smallest absolute Gasteiger partial charge is 0.262 e. The van der Waals surface area contributed by atoms with Gasteiger partial charge in [-0.25, -0.2) is 8.42 Å². The number of rotatable bonds is 9. The van der Waals surface area contributed by atoms with Crippen LogP contribution in [0.1, 0.15) is 5.56 Å². The van der Waals surface area contributed by atoms with Gasteiger partial charge in [-0.05, 0) is 55.1 Å². The number of sulfonamides is 1. The van der Waals surface area contributed by atoms with Crippen LogP contribution < -0.4 is 15.4 Å². The van der Waals surface area contributed by atoms with Gasteiger partial charge in [-0.3, -0.25) is 9.59 Å². The van der Waals surface area contributed by atoms with Crippen molar-refractivity contribution in [2.45, 2.75) is 11.8 Å². The molecule has 1 aliphatic rings. The highest BCUT2D eigenvalue weighted by Gasteiger charge is 2.28. The zero-order chi connectivity index (χ0) is 23.8. The Morgan fingerprint density at radius 1 is 1.03 bits per heavy atom. The molecule has 33 heavy (non-hydrogen) atoms. The second-order valence-corrected chi connectivity index (χ2v) is 10.1. The van der Waals surface area contributed by atoms with Crippen LogP contribution in [-0.2, 0) is 24.3 Å². The highest BCUT2D eigenvalue weighted by atomic mass is 32.2. The third-order valence-electron chi connectivity index (χ3n) is 4.84.